The molecule has 0 spiro atoms. The number of carbonyl (C=O) groups excluding carboxylic acids is 1. The molecule has 0 bridgehead atoms. The summed E-state index contributed by atoms with van der Waals surface area (Å²) in [6, 6.07) is 5.92. The number of hydrogen-bond acceptors (Lipinski definition) is 2. The number of imidazole rings is 1. The van der Waals surface area contributed by atoms with Gasteiger partial charge in [-0.15, -0.1) is 0 Å². The summed E-state index contributed by atoms with van der Waals surface area (Å²) in [6.45, 7) is 3.77. The molecule has 4 nitrogen and oxygen atoms in total. The van der Waals surface area contributed by atoms with Crippen LogP contribution >= 0.6 is 0 Å². The Kier molecular flexibility index (Phi) is 3.07. The van der Waals surface area contributed by atoms with E-state index in [4.69, 9.17) is 0 Å². The van der Waals surface area contributed by atoms with Crippen LogP contribution in [0, 0.1) is 6.92 Å². The minimum absolute atomic E-state index is 0.159. The summed E-state index contributed by atoms with van der Waals surface area (Å²) >= 11 is 0. The highest BCUT2D eigenvalue weighted by Crippen LogP contribution is 2.18. The molecule has 1 aromatic heterocycles. The first kappa shape index (κ1) is 12.0. The zero-order chi connectivity index (χ0) is 13.2. The predicted octanol–water partition coefficient (Wildman–Crippen LogP) is 2.42. The van der Waals surface area contributed by atoms with E-state index >= 15 is 0 Å². The van der Waals surface area contributed by atoms with Gasteiger partial charge in [-0.2, -0.15) is 0 Å². The van der Waals surface area contributed by atoms with Gasteiger partial charge < -0.3 is 9.47 Å². The molecule has 1 fully saturated rings. The lowest BCUT2D eigenvalue weighted by Gasteiger charge is -2.17. The first-order valence-corrected chi connectivity index (χ1v) is 6.64. The Morgan fingerprint density at radius 3 is 2.68 bits per heavy atom. The van der Waals surface area contributed by atoms with E-state index in [0.717, 1.165) is 42.7 Å². The third-order valence-corrected chi connectivity index (χ3v) is 3.64. The average molecular weight is 255 g/mol. The molecular formula is C15H17N3O. The highest BCUT2D eigenvalue weighted by Gasteiger charge is 2.20. The van der Waals surface area contributed by atoms with Crippen LogP contribution in [0.25, 0.3) is 5.69 Å². The number of benzene rings is 1. The fourth-order valence-electron chi connectivity index (χ4n) is 2.55. The van der Waals surface area contributed by atoms with Crippen molar-refractivity contribution in [2.24, 2.45) is 0 Å². The Morgan fingerprint density at radius 2 is 2.05 bits per heavy atom. The van der Waals surface area contributed by atoms with Crippen molar-refractivity contribution in [2.45, 2.75) is 19.8 Å². The molecule has 1 saturated heterocycles. The quantitative estimate of drug-likeness (QED) is 0.826. The minimum atomic E-state index is 0.159. The molecule has 1 aliphatic rings. The second-order valence-corrected chi connectivity index (χ2v) is 4.97. The standard InChI is InChI=1S/C15H17N3O/c1-12-10-13(18-9-6-16-11-18)4-5-14(12)15(19)17-7-2-3-8-17/h4-6,9-11H,2-3,7-8H2,1H3. The number of nitrogens with zero attached hydrogens (tertiary/aromatic N) is 3. The van der Waals surface area contributed by atoms with Gasteiger partial charge in [-0.25, -0.2) is 4.98 Å². The van der Waals surface area contributed by atoms with Crippen LogP contribution in [0.4, 0.5) is 0 Å². The van der Waals surface area contributed by atoms with Crippen LogP contribution in [-0.4, -0.2) is 33.4 Å². The number of carbonyl (C=O) groups is 1. The van der Waals surface area contributed by atoms with Gasteiger partial charge in [0.1, 0.15) is 0 Å². The summed E-state index contributed by atoms with van der Waals surface area (Å²) in [5.74, 6) is 0.159. The summed E-state index contributed by atoms with van der Waals surface area (Å²) in [5, 5.41) is 0. The topological polar surface area (TPSA) is 38.1 Å². The highest BCUT2D eigenvalue weighted by atomic mass is 16.2. The summed E-state index contributed by atoms with van der Waals surface area (Å²) in [7, 11) is 0. The van der Waals surface area contributed by atoms with Crippen LogP contribution in [-0.2, 0) is 0 Å². The van der Waals surface area contributed by atoms with Gasteiger partial charge >= 0.3 is 0 Å². The van der Waals surface area contributed by atoms with Crippen LogP contribution in [0.1, 0.15) is 28.8 Å². The van der Waals surface area contributed by atoms with Gasteiger partial charge in [-0.1, -0.05) is 0 Å². The zero-order valence-electron chi connectivity index (χ0n) is 11.0. The third kappa shape index (κ3) is 2.26. The zero-order valence-corrected chi connectivity index (χ0v) is 11.0. The Balaban J connectivity index is 1.89. The van der Waals surface area contributed by atoms with Gasteiger partial charge in [0.15, 0.2) is 0 Å². The van der Waals surface area contributed by atoms with Crippen LogP contribution in [0.3, 0.4) is 0 Å². The lowest BCUT2D eigenvalue weighted by Crippen LogP contribution is -2.28. The molecule has 1 aliphatic heterocycles. The maximum Gasteiger partial charge on any atom is 0.254 e. The average Bonchev–Trinajstić information content (AvgIpc) is 3.11. The molecule has 0 unspecified atom stereocenters. The van der Waals surface area contributed by atoms with Gasteiger partial charge in [-0.3, -0.25) is 4.79 Å². The fraction of sp³-hybridized carbons (Fsp3) is 0.333. The molecule has 2 aromatic rings. The van der Waals surface area contributed by atoms with Gasteiger partial charge in [0.2, 0.25) is 0 Å². The number of amides is 1. The third-order valence-electron chi connectivity index (χ3n) is 3.64. The number of rotatable bonds is 2. The van der Waals surface area contributed by atoms with Gasteiger partial charge in [-0.05, 0) is 43.5 Å². The smallest absolute Gasteiger partial charge is 0.254 e. The van der Waals surface area contributed by atoms with Crippen molar-refractivity contribution in [2.75, 3.05) is 13.1 Å². The van der Waals surface area contributed by atoms with Crippen molar-refractivity contribution in [3.63, 3.8) is 0 Å². The summed E-state index contributed by atoms with van der Waals surface area (Å²) in [6.07, 6.45) is 7.65. The molecule has 0 aliphatic carbocycles. The first-order valence-electron chi connectivity index (χ1n) is 6.64. The molecule has 3 rings (SSSR count). The van der Waals surface area contributed by atoms with Crippen molar-refractivity contribution < 1.29 is 4.79 Å². The molecule has 4 heteroatoms. The molecule has 0 radical (unpaired) electrons. The molecule has 2 heterocycles. The second-order valence-electron chi connectivity index (χ2n) is 4.97. The van der Waals surface area contributed by atoms with Gasteiger partial charge in [0.05, 0.1) is 6.33 Å². The molecule has 19 heavy (non-hydrogen) atoms. The second kappa shape index (κ2) is 4.88. The number of likely N-dealkylation sites (tertiary alicyclic amines) is 1. The first-order chi connectivity index (χ1) is 9.25. The Morgan fingerprint density at radius 1 is 1.26 bits per heavy atom. The van der Waals surface area contributed by atoms with E-state index < -0.39 is 0 Å². The molecule has 0 N–H and O–H groups in total. The summed E-state index contributed by atoms with van der Waals surface area (Å²) in [4.78, 5) is 18.4. The summed E-state index contributed by atoms with van der Waals surface area (Å²) < 4.78 is 1.94. The highest BCUT2D eigenvalue weighted by molar-refractivity contribution is 5.96. The van der Waals surface area contributed by atoms with E-state index in [1.165, 1.54) is 0 Å². The van der Waals surface area contributed by atoms with E-state index in [1.807, 2.05) is 40.8 Å². The molecular weight excluding hydrogens is 238 g/mol. The number of aryl methyl sites for hydroxylation is 1. The monoisotopic (exact) mass is 255 g/mol. The van der Waals surface area contributed by atoms with Crippen LogP contribution in [0.15, 0.2) is 36.9 Å². The van der Waals surface area contributed by atoms with Crippen LogP contribution < -0.4 is 0 Å². The van der Waals surface area contributed by atoms with E-state index in [-0.39, 0.29) is 5.91 Å². The van der Waals surface area contributed by atoms with Crippen molar-refractivity contribution in [3.8, 4) is 5.69 Å². The Hall–Kier alpha value is -2.10. The Labute approximate surface area is 112 Å². The van der Waals surface area contributed by atoms with Crippen molar-refractivity contribution >= 4 is 5.91 Å². The minimum Gasteiger partial charge on any atom is -0.339 e. The van der Waals surface area contributed by atoms with E-state index in [2.05, 4.69) is 4.98 Å². The van der Waals surface area contributed by atoms with E-state index in [0.29, 0.717) is 0 Å². The van der Waals surface area contributed by atoms with Crippen LogP contribution in [0.5, 0.6) is 0 Å². The maximum absolute atomic E-state index is 12.4. The molecule has 0 atom stereocenters. The largest absolute Gasteiger partial charge is 0.339 e. The van der Waals surface area contributed by atoms with Crippen molar-refractivity contribution in [1.29, 1.82) is 0 Å². The lowest BCUT2D eigenvalue weighted by atomic mass is 10.1. The van der Waals surface area contributed by atoms with Gasteiger partial charge in [0, 0.05) is 36.7 Å². The molecule has 1 amide bonds. The normalized spacial score (nSPS) is 14.9. The lowest BCUT2D eigenvalue weighted by molar-refractivity contribution is 0.0792. The number of hydrogen-bond donors (Lipinski definition) is 0. The Bertz CT molecular complexity index is 583. The number of aromatic nitrogens is 2. The SMILES string of the molecule is Cc1cc(-n2ccnc2)ccc1C(=O)N1CCCC1. The van der Waals surface area contributed by atoms with Crippen LogP contribution in [0.2, 0.25) is 0 Å². The van der Waals surface area contributed by atoms with Crippen molar-refractivity contribution in [1.82, 2.24) is 14.5 Å². The fourth-order valence-corrected chi connectivity index (χ4v) is 2.55. The van der Waals surface area contributed by atoms with E-state index in [1.54, 1.807) is 12.5 Å². The maximum atomic E-state index is 12.4. The molecule has 1 aromatic carbocycles. The summed E-state index contributed by atoms with van der Waals surface area (Å²) in [5.41, 5.74) is 2.86. The molecule has 0 saturated carbocycles. The van der Waals surface area contributed by atoms with E-state index in [9.17, 15) is 4.79 Å². The predicted molar refractivity (Wildman–Crippen MR) is 73.4 cm³/mol. The van der Waals surface area contributed by atoms with Crippen molar-refractivity contribution in [3.05, 3.63) is 48.0 Å². The van der Waals surface area contributed by atoms with Gasteiger partial charge in [0.25, 0.3) is 5.91 Å². The molecule has 98 valence electrons.